The lowest BCUT2D eigenvalue weighted by molar-refractivity contribution is -0.138. The Morgan fingerprint density at radius 2 is 1.72 bits per heavy atom. The van der Waals surface area contributed by atoms with E-state index in [1.807, 2.05) is 24.3 Å². The van der Waals surface area contributed by atoms with E-state index in [4.69, 9.17) is 0 Å². The van der Waals surface area contributed by atoms with Crippen LogP contribution < -0.4 is 0 Å². The van der Waals surface area contributed by atoms with Crippen molar-refractivity contribution in [2.75, 3.05) is 0 Å². The second-order valence-electron chi connectivity index (χ2n) is 8.21. The molecule has 2 bridgehead atoms. The quantitative estimate of drug-likeness (QED) is 0.790. The van der Waals surface area contributed by atoms with Crippen molar-refractivity contribution in [3.63, 3.8) is 0 Å². The van der Waals surface area contributed by atoms with Crippen LogP contribution in [0.15, 0.2) is 48.5 Å². The van der Waals surface area contributed by atoms with Gasteiger partial charge in [0.05, 0.1) is 22.8 Å². The van der Waals surface area contributed by atoms with Gasteiger partial charge in [-0.3, -0.25) is 4.90 Å². The Morgan fingerprint density at radius 3 is 2.31 bits per heavy atom. The van der Waals surface area contributed by atoms with Crippen molar-refractivity contribution in [2.45, 2.75) is 62.5 Å². The molecule has 0 aliphatic carbocycles. The van der Waals surface area contributed by atoms with Crippen molar-refractivity contribution in [1.82, 2.24) is 4.90 Å². The van der Waals surface area contributed by atoms with Gasteiger partial charge in [0.1, 0.15) is 0 Å². The van der Waals surface area contributed by atoms with Crippen LogP contribution in [0.4, 0.5) is 13.2 Å². The molecule has 29 heavy (non-hydrogen) atoms. The summed E-state index contributed by atoms with van der Waals surface area (Å²) >= 11 is 0. The first kappa shape index (κ1) is 19.9. The van der Waals surface area contributed by atoms with Gasteiger partial charge < -0.3 is 5.11 Å². The summed E-state index contributed by atoms with van der Waals surface area (Å²) in [5, 5.41) is 20.9. The average Bonchev–Trinajstić information content (AvgIpc) is 2.68. The van der Waals surface area contributed by atoms with Gasteiger partial charge in [0, 0.05) is 24.2 Å². The fourth-order valence-corrected chi connectivity index (χ4v) is 5.00. The molecule has 2 saturated heterocycles. The van der Waals surface area contributed by atoms with Crippen LogP contribution in [-0.2, 0) is 18.3 Å². The summed E-state index contributed by atoms with van der Waals surface area (Å²) in [5.74, 6) is 0. The predicted octanol–water partition coefficient (Wildman–Crippen LogP) is 4.98. The highest BCUT2D eigenvalue weighted by atomic mass is 19.4. The molecule has 4 rings (SSSR count). The van der Waals surface area contributed by atoms with E-state index in [1.165, 1.54) is 11.6 Å². The van der Waals surface area contributed by atoms with Gasteiger partial charge in [-0.25, -0.2) is 0 Å². The Labute approximate surface area is 168 Å². The number of nitrogens with zero attached hydrogens (tertiary/aromatic N) is 2. The van der Waals surface area contributed by atoms with Gasteiger partial charge in [-0.05, 0) is 49.4 Å². The number of fused-ring (bicyclic) bond motifs is 2. The summed E-state index contributed by atoms with van der Waals surface area (Å²) < 4.78 is 39.8. The van der Waals surface area contributed by atoms with E-state index in [1.54, 1.807) is 0 Å². The number of alkyl halides is 3. The lowest BCUT2D eigenvalue weighted by Gasteiger charge is -2.52. The third-order valence-corrected chi connectivity index (χ3v) is 6.34. The smallest absolute Gasteiger partial charge is 0.385 e. The minimum atomic E-state index is -4.51. The molecule has 2 aliphatic heterocycles. The van der Waals surface area contributed by atoms with E-state index in [-0.39, 0.29) is 23.2 Å². The van der Waals surface area contributed by atoms with E-state index in [0.29, 0.717) is 12.8 Å². The maximum absolute atomic E-state index is 13.3. The van der Waals surface area contributed by atoms with E-state index < -0.39 is 17.3 Å². The molecule has 2 unspecified atom stereocenters. The largest absolute Gasteiger partial charge is 0.416 e. The molecule has 6 heteroatoms. The van der Waals surface area contributed by atoms with Gasteiger partial charge in [-0.2, -0.15) is 18.4 Å². The fourth-order valence-electron chi connectivity index (χ4n) is 5.00. The summed E-state index contributed by atoms with van der Waals surface area (Å²) in [4.78, 5) is 2.38. The maximum Gasteiger partial charge on any atom is 0.416 e. The summed E-state index contributed by atoms with van der Waals surface area (Å²) in [6.07, 6.45) is -0.995. The molecule has 0 amide bonds. The van der Waals surface area contributed by atoms with Crippen LogP contribution in [0.2, 0.25) is 0 Å². The van der Waals surface area contributed by atoms with E-state index in [9.17, 15) is 23.5 Å². The molecule has 2 aliphatic rings. The Kier molecular flexibility index (Phi) is 5.14. The molecule has 3 nitrogen and oxygen atoms in total. The van der Waals surface area contributed by atoms with Crippen molar-refractivity contribution in [2.24, 2.45) is 0 Å². The van der Waals surface area contributed by atoms with Gasteiger partial charge in [0.15, 0.2) is 0 Å². The zero-order chi connectivity index (χ0) is 20.6. The average molecular weight is 400 g/mol. The molecule has 1 N–H and O–H groups in total. The van der Waals surface area contributed by atoms with E-state index >= 15 is 0 Å². The van der Waals surface area contributed by atoms with Gasteiger partial charge in [-0.1, -0.05) is 36.8 Å². The second-order valence-corrected chi connectivity index (χ2v) is 8.21. The summed E-state index contributed by atoms with van der Waals surface area (Å²) in [6, 6.07) is 15.3. The Balaban J connectivity index is 1.66. The van der Waals surface area contributed by atoms with Gasteiger partial charge >= 0.3 is 6.18 Å². The maximum atomic E-state index is 13.3. The Morgan fingerprint density at radius 1 is 1.07 bits per heavy atom. The molecule has 2 aromatic rings. The first-order chi connectivity index (χ1) is 13.8. The summed E-state index contributed by atoms with van der Waals surface area (Å²) in [5.41, 5.74) is -0.820. The van der Waals surface area contributed by atoms with Crippen molar-refractivity contribution in [3.8, 4) is 6.07 Å². The first-order valence-corrected chi connectivity index (χ1v) is 9.94. The zero-order valence-electron chi connectivity index (χ0n) is 16.0. The van der Waals surface area contributed by atoms with Crippen LogP contribution in [0.25, 0.3) is 0 Å². The highest BCUT2D eigenvalue weighted by molar-refractivity contribution is 5.45. The van der Waals surface area contributed by atoms with Gasteiger partial charge in [-0.15, -0.1) is 0 Å². The molecule has 0 spiro atoms. The molecule has 0 radical (unpaired) electrons. The molecule has 152 valence electrons. The number of hydrogen-bond acceptors (Lipinski definition) is 3. The van der Waals surface area contributed by atoms with Crippen LogP contribution in [0.5, 0.6) is 0 Å². The first-order valence-electron chi connectivity index (χ1n) is 9.94. The number of rotatable bonds is 3. The molecular weight excluding hydrogens is 377 g/mol. The van der Waals surface area contributed by atoms with Gasteiger partial charge in [0.2, 0.25) is 0 Å². The Bertz CT molecular complexity index is 906. The molecular formula is C23H23F3N2O. The van der Waals surface area contributed by atoms with Crippen LogP contribution >= 0.6 is 0 Å². The second kappa shape index (κ2) is 7.47. The van der Waals surface area contributed by atoms with Gasteiger partial charge in [0.25, 0.3) is 0 Å². The molecule has 2 aromatic carbocycles. The van der Waals surface area contributed by atoms with Crippen LogP contribution in [-0.4, -0.2) is 22.1 Å². The van der Waals surface area contributed by atoms with Crippen molar-refractivity contribution in [1.29, 1.82) is 5.26 Å². The number of hydrogen-bond donors (Lipinski definition) is 1. The molecule has 2 fully saturated rings. The standard InChI is InChI=1S/C23H23F3N2O/c24-23(25,26)18-10-9-17(14-27)21(11-18)22(29)12-19-7-4-8-20(13-22)28(19)15-16-5-2-1-3-6-16/h1-3,5-6,9-11,19-20,29H,4,7-8,12-13,15H2. The highest BCUT2D eigenvalue weighted by Gasteiger charge is 2.47. The van der Waals surface area contributed by atoms with Crippen LogP contribution in [0, 0.1) is 11.3 Å². The number of benzene rings is 2. The minimum Gasteiger partial charge on any atom is -0.385 e. The van der Waals surface area contributed by atoms with E-state index in [0.717, 1.165) is 37.9 Å². The monoisotopic (exact) mass is 400 g/mol. The lowest BCUT2D eigenvalue weighted by Crippen LogP contribution is -2.56. The number of halogens is 3. The highest BCUT2D eigenvalue weighted by Crippen LogP contribution is 2.46. The normalized spacial score (nSPS) is 27.4. The number of nitriles is 1. The molecule has 0 aromatic heterocycles. The van der Waals surface area contributed by atoms with Crippen LogP contribution in [0.3, 0.4) is 0 Å². The molecule has 0 saturated carbocycles. The Hall–Kier alpha value is -2.36. The number of aliphatic hydroxyl groups is 1. The minimum absolute atomic E-state index is 0.0776. The number of piperidine rings is 2. The zero-order valence-corrected chi connectivity index (χ0v) is 16.0. The van der Waals surface area contributed by atoms with Crippen LogP contribution in [0.1, 0.15) is 54.4 Å². The third-order valence-electron chi connectivity index (χ3n) is 6.34. The van der Waals surface area contributed by atoms with Crippen molar-refractivity contribution >= 4 is 0 Å². The third kappa shape index (κ3) is 3.90. The molecule has 2 heterocycles. The summed E-state index contributed by atoms with van der Waals surface area (Å²) in [6.45, 7) is 0.764. The summed E-state index contributed by atoms with van der Waals surface area (Å²) in [7, 11) is 0. The fraction of sp³-hybridized carbons (Fsp3) is 0.435. The van der Waals surface area contributed by atoms with E-state index in [2.05, 4.69) is 17.0 Å². The lowest BCUT2D eigenvalue weighted by atomic mass is 9.71. The molecule has 2 atom stereocenters. The topological polar surface area (TPSA) is 47.3 Å². The van der Waals surface area contributed by atoms with Crippen molar-refractivity contribution < 1.29 is 18.3 Å². The SMILES string of the molecule is N#Cc1ccc(C(F)(F)F)cc1C1(O)CC2CCCC(C1)N2Cc1ccccc1. The predicted molar refractivity (Wildman–Crippen MR) is 103 cm³/mol. The van der Waals surface area contributed by atoms with Crippen molar-refractivity contribution in [3.05, 3.63) is 70.8 Å².